The summed E-state index contributed by atoms with van der Waals surface area (Å²) < 4.78 is 6.37. The zero-order valence-electron chi connectivity index (χ0n) is 11.8. The Bertz CT molecular complexity index is 601. The van der Waals surface area contributed by atoms with E-state index in [9.17, 15) is 0 Å². The van der Waals surface area contributed by atoms with Gasteiger partial charge in [0, 0.05) is 15.4 Å². The molecule has 1 nitrogen and oxygen atoms in total. The number of hydrogen-bond donors (Lipinski definition) is 0. The minimum atomic E-state index is 0.329. The Balaban J connectivity index is 2.14. The highest BCUT2D eigenvalue weighted by Gasteiger charge is 2.14. The van der Waals surface area contributed by atoms with Crippen LogP contribution in [0.15, 0.2) is 46.9 Å². The van der Waals surface area contributed by atoms with Crippen molar-refractivity contribution >= 4 is 39.1 Å². The number of rotatable bonds is 6. The number of methoxy groups -OCH3 is 1. The average Bonchev–Trinajstić information content (AvgIpc) is 2.50. The summed E-state index contributed by atoms with van der Waals surface area (Å²) >= 11 is 16.0. The highest BCUT2D eigenvalue weighted by molar-refractivity contribution is 9.10. The summed E-state index contributed by atoms with van der Waals surface area (Å²) in [6.07, 6.45) is 1.75. The van der Waals surface area contributed by atoms with E-state index in [-0.39, 0.29) is 0 Å². The van der Waals surface area contributed by atoms with Crippen molar-refractivity contribution in [3.05, 3.63) is 63.1 Å². The zero-order valence-corrected chi connectivity index (χ0v) is 14.9. The first-order valence-corrected chi connectivity index (χ1v) is 8.46. The summed E-state index contributed by atoms with van der Waals surface area (Å²) in [5.41, 5.74) is 2.34. The van der Waals surface area contributed by atoms with Gasteiger partial charge in [-0.15, -0.1) is 11.6 Å². The van der Waals surface area contributed by atoms with Gasteiger partial charge in [-0.1, -0.05) is 45.7 Å². The van der Waals surface area contributed by atoms with Crippen LogP contribution in [0.2, 0.25) is 5.02 Å². The van der Waals surface area contributed by atoms with Gasteiger partial charge in [0.05, 0.1) is 7.11 Å². The van der Waals surface area contributed by atoms with Gasteiger partial charge < -0.3 is 4.74 Å². The van der Waals surface area contributed by atoms with E-state index in [4.69, 9.17) is 27.9 Å². The van der Waals surface area contributed by atoms with Crippen LogP contribution >= 0.6 is 39.1 Å². The molecule has 0 aliphatic heterocycles. The van der Waals surface area contributed by atoms with Crippen LogP contribution in [-0.4, -0.2) is 13.0 Å². The number of alkyl halides is 1. The van der Waals surface area contributed by atoms with E-state index in [1.54, 1.807) is 7.11 Å². The second-order valence-electron chi connectivity index (χ2n) is 4.98. The van der Waals surface area contributed by atoms with Crippen molar-refractivity contribution in [3.8, 4) is 5.75 Å². The van der Waals surface area contributed by atoms with E-state index in [2.05, 4.69) is 28.1 Å². The predicted molar refractivity (Wildman–Crippen MR) is 93.8 cm³/mol. The van der Waals surface area contributed by atoms with Gasteiger partial charge in [-0.3, -0.25) is 0 Å². The number of ether oxygens (including phenoxy) is 1. The Kier molecular flexibility index (Phi) is 6.40. The third-order valence-corrected chi connectivity index (χ3v) is 5.02. The Hall–Kier alpha value is -0.700. The third kappa shape index (κ3) is 4.64. The van der Waals surface area contributed by atoms with E-state index < -0.39 is 0 Å². The summed E-state index contributed by atoms with van der Waals surface area (Å²) in [4.78, 5) is 0. The first-order chi connectivity index (χ1) is 10.1. The lowest BCUT2D eigenvalue weighted by molar-refractivity contribution is 0.413. The van der Waals surface area contributed by atoms with Crippen LogP contribution in [-0.2, 0) is 12.8 Å². The molecular formula is C17H17BrCl2O. The zero-order chi connectivity index (χ0) is 15.2. The van der Waals surface area contributed by atoms with Crippen LogP contribution in [0, 0.1) is 5.92 Å². The molecule has 2 aromatic rings. The maximum atomic E-state index is 6.23. The van der Waals surface area contributed by atoms with Gasteiger partial charge >= 0.3 is 0 Å². The smallest absolute Gasteiger partial charge is 0.119 e. The van der Waals surface area contributed by atoms with E-state index >= 15 is 0 Å². The summed E-state index contributed by atoms with van der Waals surface area (Å²) in [5.74, 6) is 1.78. The summed E-state index contributed by atoms with van der Waals surface area (Å²) in [7, 11) is 1.68. The van der Waals surface area contributed by atoms with Crippen molar-refractivity contribution in [3.63, 3.8) is 0 Å². The van der Waals surface area contributed by atoms with Crippen LogP contribution < -0.4 is 4.74 Å². The van der Waals surface area contributed by atoms with Gasteiger partial charge in [-0.2, -0.15) is 0 Å². The van der Waals surface area contributed by atoms with Gasteiger partial charge in [0.2, 0.25) is 0 Å². The van der Waals surface area contributed by atoms with Gasteiger partial charge in [-0.05, 0) is 54.2 Å². The molecule has 4 heteroatoms. The molecule has 0 N–H and O–H groups in total. The first-order valence-electron chi connectivity index (χ1n) is 6.75. The first kappa shape index (κ1) is 16.7. The van der Waals surface area contributed by atoms with Gasteiger partial charge in [0.1, 0.15) is 5.75 Å². The molecule has 0 amide bonds. The van der Waals surface area contributed by atoms with E-state index in [1.165, 1.54) is 5.56 Å². The molecule has 21 heavy (non-hydrogen) atoms. The normalized spacial score (nSPS) is 12.2. The van der Waals surface area contributed by atoms with Crippen molar-refractivity contribution in [2.45, 2.75) is 12.8 Å². The van der Waals surface area contributed by atoms with Crippen LogP contribution in [0.4, 0.5) is 0 Å². The molecule has 0 saturated heterocycles. The lowest BCUT2D eigenvalue weighted by Gasteiger charge is -2.16. The molecule has 0 radical (unpaired) electrons. The quantitative estimate of drug-likeness (QED) is 0.573. The summed E-state index contributed by atoms with van der Waals surface area (Å²) in [6, 6.07) is 13.9. The standard InChI is InChI=1S/C17H17BrCl2O/c1-21-15-6-7-16(18)14(10-15)9-12(11-19)8-13-4-2-3-5-17(13)20/h2-7,10,12H,8-9,11H2,1H3. The van der Waals surface area contributed by atoms with Crippen molar-refractivity contribution in [1.29, 1.82) is 0 Å². The Morgan fingerprint density at radius 2 is 1.81 bits per heavy atom. The fourth-order valence-corrected chi connectivity index (χ4v) is 3.14. The lowest BCUT2D eigenvalue weighted by atomic mass is 9.94. The molecule has 0 heterocycles. The molecule has 2 rings (SSSR count). The second-order valence-corrected chi connectivity index (χ2v) is 6.55. The molecule has 2 aromatic carbocycles. The molecule has 1 unspecified atom stereocenters. The number of halogens is 3. The maximum absolute atomic E-state index is 6.23. The fourth-order valence-electron chi connectivity index (χ4n) is 2.30. The Morgan fingerprint density at radius 1 is 1.10 bits per heavy atom. The van der Waals surface area contributed by atoms with Gasteiger partial charge in [0.25, 0.3) is 0 Å². The largest absolute Gasteiger partial charge is 0.497 e. The van der Waals surface area contributed by atoms with Crippen LogP contribution in [0.3, 0.4) is 0 Å². The van der Waals surface area contributed by atoms with Crippen LogP contribution in [0.5, 0.6) is 5.75 Å². The minimum Gasteiger partial charge on any atom is -0.497 e. The lowest BCUT2D eigenvalue weighted by Crippen LogP contribution is -2.11. The average molecular weight is 388 g/mol. The highest BCUT2D eigenvalue weighted by Crippen LogP contribution is 2.27. The molecule has 0 fully saturated rings. The van der Waals surface area contributed by atoms with E-state index in [1.807, 2.05) is 30.3 Å². The van der Waals surface area contributed by atoms with E-state index in [0.717, 1.165) is 33.6 Å². The number of hydrogen-bond acceptors (Lipinski definition) is 1. The van der Waals surface area contributed by atoms with E-state index in [0.29, 0.717) is 11.8 Å². The molecule has 0 aliphatic carbocycles. The van der Waals surface area contributed by atoms with Crippen molar-refractivity contribution in [2.75, 3.05) is 13.0 Å². The molecule has 112 valence electrons. The molecular weight excluding hydrogens is 371 g/mol. The SMILES string of the molecule is COc1ccc(Br)c(CC(CCl)Cc2ccccc2Cl)c1. The second kappa shape index (κ2) is 8.07. The summed E-state index contributed by atoms with van der Waals surface area (Å²) in [5, 5.41) is 0.803. The van der Waals surface area contributed by atoms with Gasteiger partial charge in [0.15, 0.2) is 0 Å². The van der Waals surface area contributed by atoms with Crippen molar-refractivity contribution < 1.29 is 4.74 Å². The monoisotopic (exact) mass is 386 g/mol. The molecule has 0 spiro atoms. The third-order valence-electron chi connectivity index (χ3n) is 3.45. The highest BCUT2D eigenvalue weighted by atomic mass is 79.9. The van der Waals surface area contributed by atoms with Crippen LogP contribution in [0.1, 0.15) is 11.1 Å². The summed E-state index contributed by atoms with van der Waals surface area (Å²) in [6.45, 7) is 0. The van der Waals surface area contributed by atoms with Gasteiger partial charge in [-0.25, -0.2) is 0 Å². The Morgan fingerprint density at radius 3 is 2.48 bits per heavy atom. The topological polar surface area (TPSA) is 9.23 Å². The Labute approximate surface area is 144 Å². The fraction of sp³-hybridized carbons (Fsp3) is 0.294. The molecule has 0 aliphatic rings. The maximum Gasteiger partial charge on any atom is 0.119 e. The minimum absolute atomic E-state index is 0.329. The van der Waals surface area contributed by atoms with Crippen molar-refractivity contribution in [2.24, 2.45) is 5.92 Å². The molecule has 0 aromatic heterocycles. The molecule has 1 atom stereocenters. The van der Waals surface area contributed by atoms with Crippen molar-refractivity contribution in [1.82, 2.24) is 0 Å². The molecule has 0 bridgehead atoms. The number of benzene rings is 2. The molecule has 0 saturated carbocycles. The predicted octanol–water partition coefficient (Wildman–Crippen LogP) is 5.75. The van der Waals surface area contributed by atoms with Crippen LogP contribution in [0.25, 0.3) is 0 Å².